The molecule has 0 saturated carbocycles. The average Bonchev–Trinajstić information content (AvgIpc) is 2.92. The summed E-state index contributed by atoms with van der Waals surface area (Å²) in [5, 5.41) is 2.87. The fourth-order valence-electron chi connectivity index (χ4n) is 2.81. The molecule has 7 heteroatoms. The molecule has 0 bridgehead atoms. The zero-order valence-corrected chi connectivity index (χ0v) is 14.2. The van der Waals surface area contributed by atoms with Gasteiger partial charge in [0, 0.05) is 44.7 Å². The summed E-state index contributed by atoms with van der Waals surface area (Å²) in [6, 6.07) is 5.33. The Morgan fingerprint density at radius 3 is 2.50 bits per heavy atom. The Morgan fingerprint density at radius 2 is 1.83 bits per heavy atom. The highest BCUT2D eigenvalue weighted by atomic mass is 16.3. The zero-order chi connectivity index (χ0) is 17.3. The van der Waals surface area contributed by atoms with Crippen LogP contribution < -0.4 is 5.32 Å². The van der Waals surface area contributed by atoms with Crippen molar-refractivity contribution in [2.45, 2.75) is 26.8 Å². The van der Waals surface area contributed by atoms with E-state index < -0.39 is 0 Å². The quantitative estimate of drug-likeness (QED) is 0.913. The van der Waals surface area contributed by atoms with Crippen LogP contribution in [0.15, 0.2) is 22.6 Å². The lowest BCUT2D eigenvalue weighted by molar-refractivity contribution is 0.0664. The van der Waals surface area contributed by atoms with Crippen LogP contribution in [-0.4, -0.2) is 58.9 Å². The number of nitrogens with zero attached hydrogens (tertiary/aromatic N) is 3. The standard InChI is InChI=1S/C17H22N4O3/c1-11(2)18-17(23)21-8-6-20(7-9-21)16(22)13-4-5-14-15(10-13)24-12(3)19-14/h4-5,10-11H,6-9H2,1-3H3,(H,18,23). The molecule has 1 aromatic heterocycles. The van der Waals surface area contributed by atoms with Crippen LogP contribution in [0, 0.1) is 6.92 Å². The smallest absolute Gasteiger partial charge is 0.317 e. The van der Waals surface area contributed by atoms with E-state index in [-0.39, 0.29) is 18.0 Å². The Bertz CT molecular complexity index is 760. The summed E-state index contributed by atoms with van der Waals surface area (Å²) in [5.41, 5.74) is 1.95. The van der Waals surface area contributed by atoms with E-state index >= 15 is 0 Å². The van der Waals surface area contributed by atoms with E-state index in [0.29, 0.717) is 43.2 Å². The summed E-state index contributed by atoms with van der Waals surface area (Å²) < 4.78 is 5.49. The number of aromatic nitrogens is 1. The van der Waals surface area contributed by atoms with Gasteiger partial charge in [0.05, 0.1) is 0 Å². The monoisotopic (exact) mass is 330 g/mol. The van der Waals surface area contributed by atoms with E-state index in [9.17, 15) is 9.59 Å². The predicted octanol–water partition coefficient (Wildman–Crippen LogP) is 2.01. The number of benzene rings is 1. The number of aryl methyl sites for hydroxylation is 1. The van der Waals surface area contributed by atoms with Gasteiger partial charge in [-0.05, 0) is 32.0 Å². The molecule has 1 aliphatic heterocycles. The second kappa shape index (κ2) is 6.51. The molecule has 24 heavy (non-hydrogen) atoms. The van der Waals surface area contributed by atoms with Crippen LogP contribution in [0.1, 0.15) is 30.1 Å². The van der Waals surface area contributed by atoms with Crippen LogP contribution >= 0.6 is 0 Å². The molecule has 0 radical (unpaired) electrons. The summed E-state index contributed by atoms with van der Waals surface area (Å²) in [7, 11) is 0. The number of nitrogens with one attached hydrogen (secondary N) is 1. The minimum Gasteiger partial charge on any atom is -0.441 e. The molecule has 1 saturated heterocycles. The Hall–Kier alpha value is -2.57. The molecule has 3 amide bonds. The van der Waals surface area contributed by atoms with Gasteiger partial charge >= 0.3 is 6.03 Å². The Kier molecular flexibility index (Phi) is 4.42. The van der Waals surface area contributed by atoms with Crippen molar-refractivity contribution in [2.24, 2.45) is 0 Å². The van der Waals surface area contributed by atoms with E-state index in [4.69, 9.17) is 4.42 Å². The normalized spacial score (nSPS) is 15.2. The molecule has 1 aromatic carbocycles. The van der Waals surface area contributed by atoms with Crippen LogP contribution in [-0.2, 0) is 0 Å². The van der Waals surface area contributed by atoms with E-state index in [1.54, 1.807) is 34.9 Å². The maximum absolute atomic E-state index is 12.6. The summed E-state index contributed by atoms with van der Waals surface area (Å²) in [6.45, 7) is 7.76. The number of oxazole rings is 1. The number of hydrogen-bond donors (Lipinski definition) is 1. The molecule has 7 nitrogen and oxygen atoms in total. The number of carbonyl (C=O) groups is 2. The molecule has 0 unspecified atom stereocenters. The van der Waals surface area contributed by atoms with Crippen molar-refractivity contribution in [1.29, 1.82) is 0 Å². The number of urea groups is 1. The highest BCUT2D eigenvalue weighted by Crippen LogP contribution is 2.18. The Morgan fingerprint density at radius 1 is 1.17 bits per heavy atom. The van der Waals surface area contributed by atoms with Crippen LogP contribution in [0.4, 0.5) is 4.79 Å². The first-order valence-corrected chi connectivity index (χ1v) is 8.16. The van der Waals surface area contributed by atoms with Gasteiger partial charge in [-0.25, -0.2) is 9.78 Å². The molecule has 0 aliphatic carbocycles. The molecule has 2 aromatic rings. The number of hydrogen-bond acceptors (Lipinski definition) is 4. The van der Waals surface area contributed by atoms with Crippen molar-refractivity contribution in [2.75, 3.05) is 26.2 Å². The Balaban J connectivity index is 1.64. The van der Waals surface area contributed by atoms with E-state index in [1.807, 2.05) is 13.8 Å². The van der Waals surface area contributed by atoms with Crippen molar-refractivity contribution in [3.05, 3.63) is 29.7 Å². The van der Waals surface area contributed by atoms with Crippen molar-refractivity contribution < 1.29 is 14.0 Å². The maximum atomic E-state index is 12.6. The largest absolute Gasteiger partial charge is 0.441 e. The molecule has 1 N–H and O–H groups in total. The summed E-state index contributed by atoms with van der Waals surface area (Å²) in [4.78, 5) is 32.4. The summed E-state index contributed by atoms with van der Waals surface area (Å²) >= 11 is 0. The van der Waals surface area contributed by atoms with Crippen molar-refractivity contribution >= 4 is 23.0 Å². The minimum absolute atomic E-state index is 0.0464. The third-order valence-electron chi connectivity index (χ3n) is 4.01. The van der Waals surface area contributed by atoms with E-state index in [0.717, 1.165) is 5.52 Å². The number of piperazine rings is 1. The SMILES string of the molecule is Cc1nc2ccc(C(=O)N3CCN(C(=O)NC(C)C)CC3)cc2o1. The molecular formula is C17H22N4O3. The van der Waals surface area contributed by atoms with Gasteiger partial charge in [-0.3, -0.25) is 4.79 Å². The van der Waals surface area contributed by atoms with Gasteiger partial charge in [-0.1, -0.05) is 0 Å². The third kappa shape index (κ3) is 3.34. The fourth-order valence-corrected chi connectivity index (χ4v) is 2.81. The highest BCUT2D eigenvalue weighted by molar-refractivity contribution is 5.97. The molecular weight excluding hydrogens is 308 g/mol. The molecule has 3 rings (SSSR count). The van der Waals surface area contributed by atoms with Gasteiger partial charge in [-0.2, -0.15) is 0 Å². The average molecular weight is 330 g/mol. The second-order valence-corrected chi connectivity index (χ2v) is 6.30. The lowest BCUT2D eigenvalue weighted by atomic mass is 10.1. The van der Waals surface area contributed by atoms with Crippen LogP contribution in [0.25, 0.3) is 11.1 Å². The molecule has 0 spiro atoms. The number of fused-ring (bicyclic) bond motifs is 1. The lowest BCUT2D eigenvalue weighted by Crippen LogP contribution is -2.54. The molecule has 128 valence electrons. The molecule has 0 atom stereocenters. The van der Waals surface area contributed by atoms with Gasteiger partial charge in [0.15, 0.2) is 11.5 Å². The van der Waals surface area contributed by atoms with Gasteiger partial charge in [0.1, 0.15) is 5.52 Å². The zero-order valence-electron chi connectivity index (χ0n) is 14.2. The van der Waals surface area contributed by atoms with Crippen molar-refractivity contribution in [3.63, 3.8) is 0 Å². The van der Waals surface area contributed by atoms with Gasteiger partial charge < -0.3 is 19.5 Å². The van der Waals surface area contributed by atoms with E-state index in [1.165, 1.54) is 0 Å². The van der Waals surface area contributed by atoms with Gasteiger partial charge in [0.2, 0.25) is 0 Å². The topological polar surface area (TPSA) is 78.7 Å². The third-order valence-corrected chi connectivity index (χ3v) is 4.01. The number of rotatable bonds is 2. The molecule has 2 heterocycles. The first-order valence-electron chi connectivity index (χ1n) is 8.16. The van der Waals surface area contributed by atoms with Crippen LogP contribution in [0.5, 0.6) is 0 Å². The number of carbonyl (C=O) groups excluding carboxylic acids is 2. The van der Waals surface area contributed by atoms with Crippen molar-refractivity contribution in [3.8, 4) is 0 Å². The number of amides is 3. The first kappa shape index (κ1) is 16.3. The summed E-state index contributed by atoms with van der Waals surface area (Å²) in [6.07, 6.45) is 0. The molecule has 1 fully saturated rings. The lowest BCUT2D eigenvalue weighted by Gasteiger charge is -2.35. The van der Waals surface area contributed by atoms with Crippen LogP contribution in [0.2, 0.25) is 0 Å². The van der Waals surface area contributed by atoms with Crippen molar-refractivity contribution in [1.82, 2.24) is 20.1 Å². The second-order valence-electron chi connectivity index (χ2n) is 6.30. The minimum atomic E-state index is -0.0735. The van der Waals surface area contributed by atoms with Gasteiger partial charge in [-0.15, -0.1) is 0 Å². The van der Waals surface area contributed by atoms with Gasteiger partial charge in [0.25, 0.3) is 5.91 Å². The van der Waals surface area contributed by atoms with Crippen LogP contribution in [0.3, 0.4) is 0 Å². The van der Waals surface area contributed by atoms with E-state index in [2.05, 4.69) is 10.3 Å². The Labute approximate surface area is 140 Å². The predicted molar refractivity (Wildman–Crippen MR) is 89.9 cm³/mol. The maximum Gasteiger partial charge on any atom is 0.317 e. The fraction of sp³-hybridized carbons (Fsp3) is 0.471. The summed E-state index contributed by atoms with van der Waals surface area (Å²) in [5.74, 6) is 0.536. The highest BCUT2D eigenvalue weighted by Gasteiger charge is 2.25. The first-order chi connectivity index (χ1) is 11.4. The molecule has 1 aliphatic rings.